The monoisotopic (exact) mass is 472 g/mol. The van der Waals surface area contributed by atoms with Gasteiger partial charge in [0.25, 0.3) is 0 Å². The first-order valence-electron chi connectivity index (χ1n) is 8.76. The zero-order valence-electron chi connectivity index (χ0n) is 15.3. The molecule has 1 fully saturated rings. The van der Waals surface area contributed by atoms with Gasteiger partial charge in [0.1, 0.15) is 5.82 Å². The minimum absolute atomic E-state index is 0.180. The van der Waals surface area contributed by atoms with Crippen LogP contribution in [0.1, 0.15) is 19.0 Å². The van der Waals surface area contributed by atoms with Crippen LogP contribution in [0.2, 0.25) is 0 Å². The molecule has 2 aromatic rings. The molecule has 9 heteroatoms. The van der Waals surface area contributed by atoms with Gasteiger partial charge in [-0.3, -0.25) is 0 Å². The summed E-state index contributed by atoms with van der Waals surface area (Å²) in [6, 6.07) is 0.406. The van der Waals surface area contributed by atoms with Gasteiger partial charge >= 0.3 is 5.69 Å². The summed E-state index contributed by atoms with van der Waals surface area (Å²) in [4.78, 5) is 27.8. The summed E-state index contributed by atoms with van der Waals surface area (Å²) < 4.78 is 16.5. The lowest BCUT2D eigenvalue weighted by atomic mass is 10.0. The van der Waals surface area contributed by atoms with Gasteiger partial charge in [0.15, 0.2) is 11.5 Å². The summed E-state index contributed by atoms with van der Waals surface area (Å²) in [6.45, 7) is 6.28. The zero-order chi connectivity index (χ0) is 18.7. The van der Waals surface area contributed by atoms with Gasteiger partial charge in [-0.15, -0.1) is 0 Å². The van der Waals surface area contributed by atoms with E-state index in [-0.39, 0.29) is 23.6 Å². The highest BCUT2D eigenvalue weighted by molar-refractivity contribution is 14.1. The fourth-order valence-corrected chi connectivity index (χ4v) is 4.77. The van der Waals surface area contributed by atoms with Crippen LogP contribution in [0.4, 0.5) is 15.9 Å². The van der Waals surface area contributed by atoms with Crippen molar-refractivity contribution in [3.63, 3.8) is 0 Å². The van der Waals surface area contributed by atoms with Gasteiger partial charge in [-0.1, -0.05) is 0 Å². The Labute approximate surface area is 165 Å². The fraction of sp³-hybridized carbons (Fsp3) is 0.588. The van der Waals surface area contributed by atoms with E-state index in [1.165, 1.54) is 2.78 Å². The SMILES string of the molecule is Cc1nc2c3c(nc(=O)n2I)N2C(C)CN(C)CC2CCN(C)c3c1F. The van der Waals surface area contributed by atoms with Crippen LogP contribution in [0.15, 0.2) is 4.79 Å². The number of nitrogens with zero attached hydrogens (tertiary/aromatic N) is 6. The number of aromatic nitrogens is 3. The molecule has 4 heterocycles. The smallest absolute Gasteiger partial charge is 0.360 e. The third-order valence-electron chi connectivity index (χ3n) is 5.43. The molecule has 2 unspecified atom stereocenters. The molecule has 2 aromatic heterocycles. The van der Waals surface area contributed by atoms with Crippen LogP contribution < -0.4 is 15.5 Å². The molecule has 4 rings (SSSR count). The summed E-state index contributed by atoms with van der Waals surface area (Å²) in [5.74, 6) is 0.231. The van der Waals surface area contributed by atoms with Gasteiger partial charge in [-0.05, 0) is 27.3 Å². The maximum Gasteiger partial charge on any atom is 0.360 e. The number of halogens is 2. The molecule has 140 valence electrons. The molecule has 0 saturated carbocycles. The van der Waals surface area contributed by atoms with E-state index in [1.807, 2.05) is 34.8 Å². The van der Waals surface area contributed by atoms with Crippen molar-refractivity contribution in [1.82, 2.24) is 17.6 Å². The van der Waals surface area contributed by atoms with Crippen LogP contribution in [-0.4, -0.2) is 63.5 Å². The van der Waals surface area contributed by atoms with Crippen molar-refractivity contribution in [3.8, 4) is 0 Å². The number of rotatable bonds is 0. The Morgan fingerprint density at radius 2 is 1.96 bits per heavy atom. The first kappa shape index (κ1) is 17.9. The lowest BCUT2D eigenvalue weighted by Gasteiger charge is -2.47. The maximum absolute atomic E-state index is 15.1. The second kappa shape index (κ2) is 6.29. The topological polar surface area (TPSA) is 57.5 Å². The number of pyridine rings is 1. The Balaban J connectivity index is 2.12. The van der Waals surface area contributed by atoms with Crippen LogP contribution >= 0.6 is 22.9 Å². The van der Waals surface area contributed by atoms with E-state index in [9.17, 15) is 4.79 Å². The highest BCUT2D eigenvalue weighted by Crippen LogP contribution is 2.39. The lowest BCUT2D eigenvalue weighted by molar-refractivity contribution is 0.226. The van der Waals surface area contributed by atoms with E-state index in [4.69, 9.17) is 0 Å². The molecule has 7 nitrogen and oxygen atoms in total. The third kappa shape index (κ3) is 2.58. The van der Waals surface area contributed by atoms with E-state index in [0.29, 0.717) is 28.2 Å². The Bertz CT molecular complexity index is 947. The van der Waals surface area contributed by atoms with Gasteiger partial charge in [-0.25, -0.2) is 16.9 Å². The number of hydrogen-bond acceptors (Lipinski definition) is 6. The van der Waals surface area contributed by atoms with E-state index >= 15 is 4.39 Å². The first-order valence-corrected chi connectivity index (χ1v) is 9.73. The summed E-state index contributed by atoms with van der Waals surface area (Å²) in [5.41, 5.74) is 0.897. The first-order chi connectivity index (χ1) is 12.3. The molecule has 2 atom stereocenters. The minimum Gasteiger partial charge on any atom is -0.371 e. The number of likely N-dealkylation sites (N-methyl/N-ethyl adjacent to an activating group) is 1. The van der Waals surface area contributed by atoms with Crippen molar-refractivity contribution in [3.05, 3.63) is 22.0 Å². The largest absolute Gasteiger partial charge is 0.371 e. The average Bonchev–Trinajstić information content (AvgIpc) is 2.56. The normalized spacial score (nSPS) is 23.8. The van der Waals surface area contributed by atoms with Crippen LogP contribution in [0, 0.1) is 12.7 Å². The molecule has 1 saturated heterocycles. The van der Waals surface area contributed by atoms with Crippen LogP contribution in [0.5, 0.6) is 0 Å². The summed E-state index contributed by atoms with van der Waals surface area (Å²) in [7, 11) is 4.01. The quantitative estimate of drug-likeness (QED) is 0.546. The maximum atomic E-state index is 15.1. The highest BCUT2D eigenvalue weighted by atomic mass is 127. The molecule has 0 bridgehead atoms. The molecule has 0 aliphatic carbocycles. The molecule has 0 spiro atoms. The third-order valence-corrected chi connectivity index (χ3v) is 6.30. The van der Waals surface area contributed by atoms with Crippen molar-refractivity contribution >= 4 is 45.4 Å². The second-order valence-electron chi connectivity index (χ2n) is 7.40. The molecule has 0 aromatic carbocycles. The van der Waals surface area contributed by atoms with E-state index in [1.54, 1.807) is 6.92 Å². The molecule has 26 heavy (non-hydrogen) atoms. The molecule has 0 radical (unpaired) electrons. The number of hydrogen-bond donors (Lipinski definition) is 0. The number of piperazine rings is 1. The minimum atomic E-state index is -0.370. The van der Waals surface area contributed by atoms with E-state index in [2.05, 4.69) is 33.7 Å². The van der Waals surface area contributed by atoms with Crippen molar-refractivity contribution in [2.24, 2.45) is 0 Å². The highest BCUT2D eigenvalue weighted by Gasteiger charge is 2.36. The van der Waals surface area contributed by atoms with E-state index < -0.39 is 0 Å². The van der Waals surface area contributed by atoms with Crippen LogP contribution in [0.3, 0.4) is 0 Å². The van der Waals surface area contributed by atoms with Crippen molar-refractivity contribution in [2.45, 2.75) is 32.4 Å². The van der Waals surface area contributed by atoms with Gasteiger partial charge < -0.3 is 14.7 Å². The molecular weight excluding hydrogens is 450 g/mol. The molecule has 0 N–H and O–H groups in total. The standard InChI is InChI=1S/C17H22FIN6O/c1-9-7-22(3)8-11-5-6-23(4)14-12-15(24(9)11)21-17(26)25(19)16(12)20-10(2)13(14)18/h9,11H,5-8H2,1-4H3. The Morgan fingerprint density at radius 1 is 1.23 bits per heavy atom. The Morgan fingerprint density at radius 3 is 2.69 bits per heavy atom. The zero-order valence-corrected chi connectivity index (χ0v) is 17.5. The predicted molar refractivity (Wildman–Crippen MR) is 109 cm³/mol. The van der Waals surface area contributed by atoms with Gasteiger partial charge in [-0.2, -0.15) is 4.98 Å². The molecule has 0 amide bonds. The van der Waals surface area contributed by atoms with E-state index in [0.717, 1.165) is 26.1 Å². The Hall–Kier alpha value is -1.49. The molecule has 2 aliphatic heterocycles. The fourth-order valence-electron chi connectivity index (χ4n) is 4.31. The summed E-state index contributed by atoms with van der Waals surface area (Å²) in [6.07, 6.45) is 0.877. The number of anilines is 2. The van der Waals surface area contributed by atoms with Gasteiger partial charge in [0.2, 0.25) is 0 Å². The summed E-state index contributed by atoms with van der Waals surface area (Å²) >= 11 is 1.90. The van der Waals surface area contributed by atoms with Crippen molar-refractivity contribution < 1.29 is 4.39 Å². The lowest BCUT2D eigenvalue weighted by Crippen LogP contribution is -2.58. The van der Waals surface area contributed by atoms with Gasteiger partial charge in [0, 0.05) is 38.8 Å². The van der Waals surface area contributed by atoms with Crippen molar-refractivity contribution in [2.75, 3.05) is 43.5 Å². The van der Waals surface area contributed by atoms with Crippen LogP contribution in [-0.2, 0) is 0 Å². The average molecular weight is 472 g/mol. The van der Waals surface area contributed by atoms with Crippen molar-refractivity contribution in [1.29, 1.82) is 0 Å². The predicted octanol–water partition coefficient (Wildman–Crippen LogP) is 1.79. The van der Waals surface area contributed by atoms with Crippen LogP contribution in [0.25, 0.3) is 11.0 Å². The summed E-state index contributed by atoms with van der Waals surface area (Å²) in [5, 5.41) is 0.630. The number of aryl methyl sites for hydroxylation is 1. The van der Waals surface area contributed by atoms with Gasteiger partial charge in [0.05, 0.1) is 39.6 Å². The Kier molecular flexibility index (Phi) is 4.33. The molecular formula is C17H22FIN6O. The number of fused-ring (bicyclic) bond motifs is 2. The molecule has 2 aliphatic rings. The second-order valence-corrected chi connectivity index (χ2v) is 8.36.